The molecule has 0 aliphatic carbocycles. The second-order valence-electron chi connectivity index (χ2n) is 5.95. The molecule has 0 atom stereocenters. The molecule has 0 radical (unpaired) electrons. The van der Waals surface area contributed by atoms with Gasteiger partial charge in [0.2, 0.25) is 5.91 Å². The van der Waals surface area contributed by atoms with Crippen molar-refractivity contribution >= 4 is 17.5 Å². The zero-order chi connectivity index (χ0) is 15.4. The molecular weight excluding hydrogens is 280 g/mol. The summed E-state index contributed by atoms with van der Waals surface area (Å²) in [6, 6.07) is 7.20. The van der Waals surface area contributed by atoms with Gasteiger partial charge in [0, 0.05) is 43.5 Å². The van der Waals surface area contributed by atoms with Gasteiger partial charge in [0.25, 0.3) is 5.91 Å². The van der Waals surface area contributed by atoms with Crippen molar-refractivity contribution in [2.24, 2.45) is 5.92 Å². The van der Waals surface area contributed by atoms with Crippen LogP contribution in [0.25, 0.3) is 0 Å². The van der Waals surface area contributed by atoms with E-state index in [1.165, 1.54) is 0 Å². The van der Waals surface area contributed by atoms with E-state index in [9.17, 15) is 9.59 Å². The van der Waals surface area contributed by atoms with Crippen LogP contribution in [0.1, 0.15) is 36.0 Å². The standard InChI is InChI=1S/C17H22N2O3/c20-16(13-7-11-22-12-8-13)18-15-5-3-14(4-6-15)17(21)19-9-1-2-10-19/h3-6,13H,1-2,7-12H2,(H,18,20). The van der Waals surface area contributed by atoms with E-state index in [0.29, 0.717) is 18.8 Å². The molecule has 0 unspecified atom stereocenters. The van der Waals surface area contributed by atoms with Gasteiger partial charge in [-0.05, 0) is 49.9 Å². The van der Waals surface area contributed by atoms with E-state index in [0.717, 1.165) is 44.5 Å². The summed E-state index contributed by atoms with van der Waals surface area (Å²) in [5.41, 5.74) is 1.43. The topological polar surface area (TPSA) is 58.6 Å². The molecule has 2 aliphatic heterocycles. The van der Waals surface area contributed by atoms with Crippen molar-refractivity contribution in [3.63, 3.8) is 0 Å². The molecule has 2 aliphatic rings. The van der Waals surface area contributed by atoms with Gasteiger partial charge in [-0.15, -0.1) is 0 Å². The predicted molar refractivity (Wildman–Crippen MR) is 83.8 cm³/mol. The first-order valence-corrected chi connectivity index (χ1v) is 8.02. The number of carbonyl (C=O) groups is 2. The lowest BCUT2D eigenvalue weighted by molar-refractivity contribution is -0.122. The van der Waals surface area contributed by atoms with E-state index < -0.39 is 0 Å². The largest absolute Gasteiger partial charge is 0.381 e. The van der Waals surface area contributed by atoms with Crippen LogP contribution in [0.4, 0.5) is 5.69 Å². The van der Waals surface area contributed by atoms with Crippen LogP contribution in [-0.2, 0) is 9.53 Å². The lowest BCUT2D eigenvalue weighted by Gasteiger charge is -2.21. The monoisotopic (exact) mass is 302 g/mol. The van der Waals surface area contributed by atoms with Gasteiger partial charge >= 0.3 is 0 Å². The van der Waals surface area contributed by atoms with Crippen LogP contribution < -0.4 is 5.32 Å². The molecule has 3 rings (SSSR count). The summed E-state index contributed by atoms with van der Waals surface area (Å²) in [6.07, 6.45) is 3.73. The molecular formula is C17H22N2O3. The molecule has 2 fully saturated rings. The summed E-state index contributed by atoms with van der Waals surface area (Å²) < 4.78 is 5.27. The Hall–Kier alpha value is -1.88. The molecule has 2 saturated heterocycles. The van der Waals surface area contributed by atoms with Gasteiger partial charge < -0.3 is 15.0 Å². The second-order valence-corrected chi connectivity index (χ2v) is 5.95. The highest BCUT2D eigenvalue weighted by atomic mass is 16.5. The Morgan fingerprint density at radius 3 is 2.32 bits per heavy atom. The fourth-order valence-corrected chi connectivity index (χ4v) is 3.00. The number of rotatable bonds is 3. The number of anilines is 1. The normalized spacial score (nSPS) is 19.2. The quantitative estimate of drug-likeness (QED) is 0.932. The molecule has 2 heterocycles. The fourth-order valence-electron chi connectivity index (χ4n) is 3.00. The predicted octanol–water partition coefficient (Wildman–Crippen LogP) is 2.29. The SMILES string of the molecule is O=C(Nc1ccc(C(=O)N2CCCC2)cc1)C1CCOCC1. The molecule has 0 spiro atoms. The van der Waals surface area contributed by atoms with Gasteiger partial charge in [0.1, 0.15) is 0 Å². The molecule has 22 heavy (non-hydrogen) atoms. The number of amides is 2. The minimum Gasteiger partial charge on any atom is -0.381 e. The number of benzene rings is 1. The molecule has 1 aromatic carbocycles. The molecule has 0 aromatic heterocycles. The highest BCUT2D eigenvalue weighted by Gasteiger charge is 2.22. The number of ether oxygens (including phenoxy) is 1. The third-order valence-electron chi connectivity index (χ3n) is 4.38. The zero-order valence-corrected chi connectivity index (χ0v) is 12.7. The first-order chi connectivity index (χ1) is 10.7. The van der Waals surface area contributed by atoms with Crippen molar-refractivity contribution < 1.29 is 14.3 Å². The molecule has 5 heteroatoms. The average molecular weight is 302 g/mol. The van der Waals surface area contributed by atoms with Gasteiger partial charge in [-0.25, -0.2) is 0 Å². The summed E-state index contributed by atoms with van der Waals surface area (Å²) >= 11 is 0. The minimum absolute atomic E-state index is 0.0275. The van der Waals surface area contributed by atoms with Crippen molar-refractivity contribution in [3.05, 3.63) is 29.8 Å². The first-order valence-electron chi connectivity index (χ1n) is 8.02. The molecule has 1 aromatic rings. The molecule has 2 amide bonds. The first kappa shape index (κ1) is 15.0. The Morgan fingerprint density at radius 1 is 1.05 bits per heavy atom. The van der Waals surface area contributed by atoms with Crippen LogP contribution in [0.2, 0.25) is 0 Å². The van der Waals surface area contributed by atoms with Crippen LogP contribution >= 0.6 is 0 Å². The number of hydrogen-bond donors (Lipinski definition) is 1. The maximum atomic E-state index is 12.3. The van der Waals surface area contributed by atoms with Crippen molar-refractivity contribution in [1.82, 2.24) is 4.90 Å². The molecule has 0 bridgehead atoms. The van der Waals surface area contributed by atoms with E-state index in [4.69, 9.17) is 4.74 Å². The summed E-state index contributed by atoms with van der Waals surface area (Å²) in [6.45, 7) is 3.00. The third kappa shape index (κ3) is 3.47. The second kappa shape index (κ2) is 6.92. The van der Waals surface area contributed by atoms with Gasteiger partial charge in [-0.2, -0.15) is 0 Å². The fraction of sp³-hybridized carbons (Fsp3) is 0.529. The van der Waals surface area contributed by atoms with Crippen LogP contribution in [0, 0.1) is 5.92 Å². The maximum Gasteiger partial charge on any atom is 0.253 e. The Balaban J connectivity index is 1.58. The van der Waals surface area contributed by atoms with E-state index in [2.05, 4.69) is 5.32 Å². The Labute approximate surface area is 130 Å². The third-order valence-corrected chi connectivity index (χ3v) is 4.38. The number of nitrogens with zero attached hydrogens (tertiary/aromatic N) is 1. The van der Waals surface area contributed by atoms with E-state index in [1.54, 1.807) is 24.3 Å². The molecule has 5 nitrogen and oxygen atoms in total. The van der Waals surface area contributed by atoms with Crippen molar-refractivity contribution in [2.45, 2.75) is 25.7 Å². The molecule has 0 saturated carbocycles. The van der Waals surface area contributed by atoms with E-state index in [1.807, 2.05) is 4.90 Å². The van der Waals surface area contributed by atoms with Crippen LogP contribution in [0.5, 0.6) is 0 Å². The lowest BCUT2D eigenvalue weighted by Crippen LogP contribution is -2.29. The highest BCUT2D eigenvalue weighted by Crippen LogP contribution is 2.19. The Kier molecular flexibility index (Phi) is 4.73. The zero-order valence-electron chi connectivity index (χ0n) is 12.7. The summed E-state index contributed by atoms with van der Waals surface area (Å²) in [5, 5.41) is 2.93. The molecule has 1 N–H and O–H groups in total. The number of nitrogens with one attached hydrogen (secondary N) is 1. The van der Waals surface area contributed by atoms with Crippen LogP contribution in [0.3, 0.4) is 0 Å². The maximum absolute atomic E-state index is 12.3. The molecule has 118 valence electrons. The smallest absolute Gasteiger partial charge is 0.253 e. The number of carbonyl (C=O) groups excluding carboxylic acids is 2. The van der Waals surface area contributed by atoms with Crippen molar-refractivity contribution in [3.8, 4) is 0 Å². The van der Waals surface area contributed by atoms with Crippen LogP contribution in [-0.4, -0.2) is 43.0 Å². The van der Waals surface area contributed by atoms with Crippen molar-refractivity contribution in [2.75, 3.05) is 31.6 Å². The Bertz CT molecular complexity index is 529. The lowest BCUT2D eigenvalue weighted by atomic mass is 9.99. The minimum atomic E-state index is 0.0275. The van der Waals surface area contributed by atoms with Gasteiger partial charge in [-0.1, -0.05) is 0 Å². The van der Waals surface area contributed by atoms with Gasteiger partial charge in [-0.3, -0.25) is 9.59 Å². The summed E-state index contributed by atoms with van der Waals surface area (Å²) in [7, 11) is 0. The van der Waals surface area contributed by atoms with Crippen molar-refractivity contribution in [1.29, 1.82) is 0 Å². The van der Waals surface area contributed by atoms with Gasteiger partial charge in [0.05, 0.1) is 0 Å². The number of hydrogen-bond acceptors (Lipinski definition) is 3. The summed E-state index contributed by atoms with van der Waals surface area (Å²) in [4.78, 5) is 26.3. The average Bonchev–Trinajstić information content (AvgIpc) is 3.10. The van der Waals surface area contributed by atoms with Gasteiger partial charge in [0.15, 0.2) is 0 Å². The van der Waals surface area contributed by atoms with E-state index >= 15 is 0 Å². The van der Waals surface area contributed by atoms with Crippen LogP contribution in [0.15, 0.2) is 24.3 Å². The summed E-state index contributed by atoms with van der Waals surface area (Å²) in [5.74, 6) is 0.154. The number of likely N-dealkylation sites (tertiary alicyclic amines) is 1. The van der Waals surface area contributed by atoms with E-state index in [-0.39, 0.29) is 17.7 Å². The Morgan fingerprint density at radius 2 is 1.68 bits per heavy atom. The highest BCUT2D eigenvalue weighted by molar-refractivity contribution is 5.96.